The van der Waals surface area contributed by atoms with Crippen LogP contribution < -0.4 is 11.5 Å². The summed E-state index contributed by atoms with van der Waals surface area (Å²) in [6, 6.07) is 20.2. The first-order valence-corrected chi connectivity index (χ1v) is 7.26. The van der Waals surface area contributed by atoms with Gasteiger partial charge in [0.25, 0.3) is 0 Å². The summed E-state index contributed by atoms with van der Waals surface area (Å²) in [6.07, 6.45) is 6.31. The Kier molecular flexibility index (Phi) is 4.00. The van der Waals surface area contributed by atoms with E-state index in [2.05, 4.69) is 42.5 Å². The molecule has 1 aliphatic rings. The van der Waals surface area contributed by atoms with E-state index in [1.165, 1.54) is 5.57 Å². The largest absolute Gasteiger partial charge is 0.323 e. The van der Waals surface area contributed by atoms with E-state index in [-0.39, 0.29) is 18.0 Å². The molecule has 0 heterocycles. The molecule has 0 aromatic heterocycles. The number of allylic oxidation sites excluding steroid dienone is 2. The van der Waals surface area contributed by atoms with Gasteiger partial charge in [-0.05, 0) is 16.7 Å². The molecule has 1 aliphatic carbocycles. The summed E-state index contributed by atoms with van der Waals surface area (Å²) >= 11 is 0. The number of hydrogen-bond acceptors (Lipinski definition) is 2. The zero-order valence-electron chi connectivity index (χ0n) is 11.9. The second-order valence-electron chi connectivity index (χ2n) is 5.40. The average Bonchev–Trinajstić information content (AvgIpc) is 3.04. The summed E-state index contributed by atoms with van der Waals surface area (Å²) in [4.78, 5) is 0. The fraction of sp³-hybridized carbons (Fsp3) is 0.158. The predicted octanol–water partition coefficient (Wildman–Crippen LogP) is 3.50. The lowest BCUT2D eigenvalue weighted by atomic mass is 9.84. The molecule has 106 valence electrons. The van der Waals surface area contributed by atoms with Crippen LogP contribution >= 0.6 is 0 Å². The third-order valence-electron chi connectivity index (χ3n) is 4.08. The van der Waals surface area contributed by atoms with E-state index in [1.54, 1.807) is 0 Å². The van der Waals surface area contributed by atoms with Gasteiger partial charge in [0, 0.05) is 12.0 Å². The van der Waals surface area contributed by atoms with Gasteiger partial charge < -0.3 is 11.5 Å². The van der Waals surface area contributed by atoms with E-state index in [9.17, 15) is 0 Å². The molecule has 2 aromatic carbocycles. The van der Waals surface area contributed by atoms with Crippen molar-refractivity contribution < 1.29 is 0 Å². The fourth-order valence-corrected chi connectivity index (χ4v) is 2.88. The molecule has 3 rings (SSSR count). The summed E-state index contributed by atoms with van der Waals surface area (Å²) < 4.78 is 0. The van der Waals surface area contributed by atoms with Crippen LogP contribution in [0, 0.1) is 5.92 Å². The van der Waals surface area contributed by atoms with E-state index >= 15 is 0 Å². The summed E-state index contributed by atoms with van der Waals surface area (Å²) in [5.74, 6) is 0.155. The Hall–Kier alpha value is -2.16. The number of benzene rings is 2. The smallest absolute Gasteiger partial charge is 0.0520 e. The molecule has 2 nitrogen and oxygen atoms in total. The van der Waals surface area contributed by atoms with Crippen molar-refractivity contribution in [2.24, 2.45) is 17.4 Å². The lowest BCUT2D eigenvalue weighted by Crippen LogP contribution is -2.26. The van der Waals surface area contributed by atoms with Gasteiger partial charge >= 0.3 is 0 Å². The normalized spacial score (nSPS) is 20.1. The summed E-state index contributed by atoms with van der Waals surface area (Å²) in [5, 5.41) is 0. The first-order valence-electron chi connectivity index (χ1n) is 7.26. The van der Waals surface area contributed by atoms with Crippen molar-refractivity contribution in [1.29, 1.82) is 0 Å². The van der Waals surface area contributed by atoms with Gasteiger partial charge in [-0.1, -0.05) is 78.9 Å². The first-order chi connectivity index (χ1) is 10.3. The lowest BCUT2D eigenvalue weighted by Gasteiger charge is -2.26. The molecule has 0 aliphatic heterocycles. The predicted molar refractivity (Wildman–Crippen MR) is 87.5 cm³/mol. The highest BCUT2D eigenvalue weighted by atomic mass is 14.7. The van der Waals surface area contributed by atoms with Crippen LogP contribution in [0.5, 0.6) is 0 Å². The van der Waals surface area contributed by atoms with Crippen molar-refractivity contribution in [1.82, 2.24) is 0 Å². The van der Waals surface area contributed by atoms with Gasteiger partial charge in [-0.2, -0.15) is 0 Å². The maximum absolute atomic E-state index is 6.46. The lowest BCUT2D eigenvalue weighted by molar-refractivity contribution is 0.560. The molecule has 0 saturated carbocycles. The zero-order valence-corrected chi connectivity index (χ0v) is 11.9. The first kappa shape index (κ1) is 13.8. The molecular weight excluding hydrogens is 256 g/mol. The second kappa shape index (κ2) is 6.08. The molecule has 0 fully saturated rings. The molecule has 1 unspecified atom stereocenters. The van der Waals surface area contributed by atoms with Crippen molar-refractivity contribution in [3.05, 3.63) is 95.6 Å². The Bertz CT molecular complexity index is 644. The molecule has 0 radical (unpaired) electrons. The van der Waals surface area contributed by atoms with E-state index in [0.29, 0.717) is 0 Å². The molecule has 0 bridgehead atoms. The Labute approximate surface area is 125 Å². The highest BCUT2D eigenvalue weighted by Crippen LogP contribution is 2.36. The van der Waals surface area contributed by atoms with Crippen LogP contribution in [-0.2, 0) is 0 Å². The third-order valence-corrected chi connectivity index (χ3v) is 4.08. The summed E-state index contributed by atoms with van der Waals surface area (Å²) in [7, 11) is 0. The van der Waals surface area contributed by atoms with Crippen LogP contribution in [0.15, 0.2) is 84.5 Å². The highest BCUT2D eigenvalue weighted by Gasteiger charge is 2.27. The quantitative estimate of drug-likeness (QED) is 0.898. The van der Waals surface area contributed by atoms with E-state index in [0.717, 1.165) is 11.1 Å². The van der Waals surface area contributed by atoms with E-state index < -0.39 is 0 Å². The van der Waals surface area contributed by atoms with Crippen LogP contribution in [0.4, 0.5) is 0 Å². The summed E-state index contributed by atoms with van der Waals surface area (Å²) in [6.45, 7) is 0. The van der Waals surface area contributed by atoms with Crippen LogP contribution in [-0.4, -0.2) is 0 Å². The Balaban J connectivity index is 1.84. The minimum atomic E-state index is -0.110. The maximum atomic E-state index is 6.46. The summed E-state index contributed by atoms with van der Waals surface area (Å²) in [5.41, 5.74) is 16.3. The van der Waals surface area contributed by atoms with Gasteiger partial charge in [0.2, 0.25) is 0 Å². The monoisotopic (exact) mass is 276 g/mol. The van der Waals surface area contributed by atoms with Crippen molar-refractivity contribution in [2.75, 3.05) is 0 Å². The third kappa shape index (κ3) is 2.82. The maximum Gasteiger partial charge on any atom is 0.0520 e. The molecule has 0 spiro atoms. The van der Waals surface area contributed by atoms with Gasteiger partial charge in [0.05, 0.1) is 6.04 Å². The van der Waals surface area contributed by atoms with Gasteiger partial charge in [0.15, 0.2) is 0 Å². The van der Waals surface area contributed by atoms with Crippen LogP contribution in [0.25, 0.3) is 0 Å². The molecule has 0 amide bonds. The van der Waals surface area contributed by atoms with Crippen molar-refractivity contribution in [2.45, 2.75) is 12.1 Å². The highest BCUT2D eigenvalue weighted by molar-refractivity contribution is 5.39. The minimum absolute atomic E-state index is 0.0639. The van der Waals surface area contributed by atoms with Crippen LogP contribution in [0.3, 0.4) is 0 Å². The van der Waals surface area contributed by atoms with E-state index in [4.69, 9.17) is 11.5 Å². The minimum Gasteiger partial charge on any atom is -0.323 e. The van der Waals surface area contributed by atoms with Gasteiger partial charge in [-0.3, -0.25) is 0 Å². The van der Waals surface area contributed by atoms with Gasteiger partial charge in [-0.15, -0.1) is 0 Å². The SMILES string of the molecule is N[C@H](c1ccccc1)C1C=CC=C1[C@H](N)c1ccccc1. The topological polar surface area (TPSA) is 52.0 Å². The van der Waals surface area contributed by atoms with E-state index in [1.807, 2.05) is 36.4 Å². The van der Waals surface area contributed by atoms with Crippen molar-refractivity contribution in [3.63, 3.8) is 0 Å². The Morgan fingerprint density at radius 1 is 0.762 bits per heavy atom. The number of nitrogens with two attached hydrogens (primary N) is 2. The van der Waals surface area contributed by atoms with Gasteiger partial charge in [-0.25, -0.2) is 0 Å². The molecule has 2 aromatic rings. The van der Waals surface area contributed by atoms with Crippen LogP contribution in [0.1, 0.15) is 23.2 Å². The Morgan fingerprint density at radius 3 is 1.95 bits per heavy atom. The second-order valence-corrected chi connectivity index (χ2v) is 5.40. The number of hydrogen-bond donors (Lipinski definition) is 2. The molecular formula is C19H20N2. The van der Waals surface area contributed by atoms with Crippen molar-refractivity contribution in [3.8, 4) is 0 Å². The average molecular weight is 276 g/mol. The zero-order chi connectivity index (χ0) is 14.7. The molecule has 4 N–H and O–H groups in total. The standard InChI is InChI=1S/C19H20N2/c20-18(14-8-3-1-4-9-14)16-12-7-13-17(16)19(21)15-10-5-2-6-11-15/h1-13,16,18-19H,20-21H2/t16?,18-,19-/m1/s1. The van der Waals surface area contributed by atoms with Crippen molar-refractivity contribution >= 4 is 0 Å². The number of rotatable bonds is 4. The van der Waals surface area contributed by atoms with Gasteiger partial charge in [0.1, 0.15) is 0 Å². The van der Waals surface area contributed by atoms with Crippen LogP contribution in [0.2, 0.25) is 0 Å². The molecule has 21 heavy (non-hydrogen) atoms. The molecule has 0 saturated heterocycles. The molecule has 2 heteroatoms. The Morgan fingerprint density at radius 2 is 1.33 bits per heavy atom. The fourth-order valence-electron chi connectivity index (χ4n) is 2.88. The molecule has 3 atom stereocenters.